The molecule has 1 aliphatic heterocycles. The Bertz CT molecular complexity index is 498. The highest BCUT2D eigenvalue weighted by Crippen LogP contribution is 2.38. The Morgan fingerprint density at radius 2 is 2.25 bits per heavy atom. The summed E-state index contributed by atoms with van der Waals surface area (Å²) in [5, 5.41) is 12.5. The molecule has 1 aromatic carbocycles. The number of rotatable bonds is 4. The number of benzene rings is 1. The van der Waals surface area contributed by atoms with Gasteiger partial charge in [0.2, 0.25) is 0 Å². The maximum absolute atomic E-state index is 12.3. The molecule has 2 N–H and O–H groups in total. The average Bonchev–Trinajstić information content (AvgIpc) is 2.51. The summed E-state index contributed by atoms with van der Waals surface area (Å²) in [7, 11) is 0. The molecule has 0 bridgehead atoms. The number of hydrogen-bond acceptors (Lipinski definition) is 3. The summed E-state index contributed by atoms with van der Waals surface area (Å²) in [4.78, 5) is 12.3. The molecule has 0 aromatic heterocycles. The summed E-state index contributed by atoms with van der Waals surface area (Å²) in [5.74, 6) is 0.774. The molecule has 3 rings (SSSR count). The summed E-state index contributed by atoms with van der Waals surface area (Å²) >= 11 is 0. The maximum Gasteiger partial charge on any atom is 0.163 e. The number of hydrogen-bond donors (Lipinski definition) is 2. The van der Waals surface area contributed by atoms with Gasteiger partial charge in [0.1, 0.15) is 0 Å². The predicted molar refractivity (Wildman–Crippen MR) is 79.2 cm³/mol. The van der Waals surface area contributed by atoms with E-state index in [-0.39, 0.29) is 12.4 Å². The van der Waals surface area contributed by atoms with Gasteiger partial charge < -0.3 is 10.4 Å². The van der Waals surface area contributed by atoms with Gasteiger partial charge in [-0.25, -0.2) is 0 Å². The predicted octanol–water partition coefficient (Wildman–Crippen LogP) is 2.42. The minimum Gasteiger partial charge on any atom is -0.396 e. The van der Waals surface area contributed by atoms with Crippen molar-refractivity contribution in [2.24, 2.45) is 0 Å². The zero-order valence-electron chi connectivity index (χ0n) is 11.9. The Morgan fingerprint density at radius 3 is 3.10 bits per heavy atom. The second-order valence-electron chi connectivity index (χ2n) is 5.97. The molecule has 2 aliphatic rings. The van der Waals surface area contributed by atoms with Crippen LogP contribution >= 0.6 is 0 Å². The summed E-state index contributed by atoms with van der Waals surface area (Å²) in [6, 6.07) is 6.80. The van der Waals surface area contributed by atoms with Gasteiger partial charge in [0, 0.05) is 24.6 Å². The van der Waals surface area contributed by atoms with E-state index in [1.165, 1.54) is 24.0 Å². The number of Topliss-reactive ketones (excluding diaryl/α,β-unsaturated/α-hetero) is 1. The van der Waals surface area contributed by atoms with Crippen molar-refractivity contribution in [2.75, 3.05) is 13.2 Å². The van der Waals surface area contributed by atoms with Crippen LogP contribution in [0.2, 0.25) is 0 Å². The zero-order valence-corrected chi connectivity index (χ0v) is 11.9. The molecule has 1 saturated heterocycles. The van der Waals surface area contributed by atoms with Crippen LogP contribution in [0.5, 0.6) is 0 Å². The van der Waals surface area contributed by atoms with E-state index in [0.717, 1.165) is 24.9 Å². The molecular formula is C17H23NO2. The lowest BCUT2D eigenvalue weighted by Gasteiger charge is -2.38. The SMILES string of the molecule is O=C(CCCO)c1cccc2c1CC[C@@H]1NCCC[C@@H]21. The van der Waals surface area contributed by atoms with Crippen LogP contribution in [0, 0.1) is 0 Å². The summed E-state index contributed by atoms with van der Waals surface area (Å²) in [6.07, 6.45) is 5.63. The first-order valence-electron chi connectivity index (χ1n) is 7.80. The highest BCUT2D eigenvalue weighted by atomic mass is 16.3. The molecule has 3 nitrogen and oxygen atoms in total. The van der Waals surface area contributed by atoms with Crippen LogP contribution in [-0.4, -0.2) is 30.1 Å². The van der Waals surface area contributed by atoms with Gasteiger partial charge in [0.05, 0.1) is 0 Å². The Hall–Kier alpha value is -1.19. The maximum atomic E-state index is 12.3. The van der Waals surface area contributed by atoms with Crippen molar-refractivity contribution in [3.63, 3.8) is 0 Å². The molecule has 0 amide bonds. The van der Waals surface area contributed by atoms with Gasteiger partial charge in [-0.1, -0.05) is 18.2 Å². The van der Waals surface area contributed by atoms with E-state index in [1.807, 2.05) is 12.1 Å². The average molecular weight is 273 g/mol. The highest BCUT2D eigenvalue weighted by Gasteiger charge is 2.32. The molecule has 1 fully saturated rings. The third-order valence-electron chi connectivity index (χ3n) is 4.76. The van der Waals surface area contributed by atoms with E-state index >= 15 is 0 Å². The van der Waals surface area contributed by atoms with Gasteiger partial charge in [-0.05, 0) is 55.7 Å². The standard InChI is InChI=1S/C17H23NO2/c19-11-3-7-17(20)15-5-1-4-12-13(15)8-9-16-14(12)6-2-10-18-16/h1,4-5,14,16,18-19H,2-3,6-11H2/t14-,16-/m0/s1. The molecule has 0 unspecified atom stereocenters. The Labute approximate surface area is 120 Å². The van der Waals surface area contributed by atoms with Crippen LogP contribution in [0.4, 0.5) is 0 Å². The smallest absolute Gasteiger partial charge is 0.163 e. The fourth-order valence-electron chi connectivity index (χ4n) is 3.79. The van der Waals surface area contributed by atoms with E-state index in [0.29, 0.717) is 24.8 Å². The number of carbonyl (C=O) groups is 1. The van der Waals surface area contributed by atoms with Gasteiger partial charge in [-0.15, -0.1) is 0 Å². The summed E-state index contributed by atoms with van der Waals surface area (Å²) in [6.45, 7) is 1.22. The molecule has 0 spiro atoms. The van der Waals surface area contributed by atoms with Crippen molar-refractivity contribution in [2.45, 2.75) is 50.5 Å². The Morgan fingerprint density at radius 1 is 1.35 bits per heavy atom. The van der Waals surface area contributed by atoms with E-state index in [1.54, 1.807) is 0 Å². The van der Waals surface area contributed by atoms with Crippen molar-refractivity contribution >= 4 is 5.78 Å². The quantitative estimate of drug-likeness (QED) is 0.828. The highest BCUT2D eigenvalue weighted by molar-refractivity contribution is 5.97. The van der Waals surface area contributed by atoms with Crippen LogP contribution in [0.15, 0.2) is 18.2 Å². The third-order valence-corrected chi connectivity index (χ3v) is 4.76. The van der Waals surface area contributed by atoms with Crippen molar-refractivity contribution in [1.82, 2.24) is 5.32 Å². The molecule has 1 heterocycles. The van der Waals surface area contributed by atoms with E-state index in [2.05, 4.69) is 11.4 Å². The first-order valence-corrected chi connectivity index (χ1v) is 7.80. The lowest BCUT2D eigenvalue weighted by Crippen LogP contribution is -2.43. The van der Waals surface area contributed by atoms with Gasteiger partial charge in [-0.2, -0.15) is 0 Å². The molecule has 2 atom stereocenters. The second-order valence-corrected chi connectivity index (χ2v) is 5.97. The normalized spacial score (nSPS) is 24.9. The van der Waals surface area contributed by atoms with Crippen LogP contribution in [0.1, 0.15) is 59.5 Å². The van der Waals surface area contributed by atoms with Crippen molar-refractivity contribution < 1.29 is 9.90 Å². The first-order chi connectivity index (χ1) is 9.81. The number of fused-ring (bicyclic) bond motifs is 3. The lowest BCUT2D eigenvalue weighted by atomic mass is 9.73. The molecule has 20 heavy (non-hydrogen) atoms. The molecule has 0 saturated carbocycles. The molecule has 108 valence electrons. The number of carbonyl (C=O) groups excluding carboxylic acids is 1. The van der Waals surface area contributed by atoms with Gasteiger partial charge in [-0.3, -0.25) is 4.79 Å². The fourth-order valence-corrected chi connectivity index (χ4v) is 3.79. The molecule has 1 aromatic rings. The molecular weight excluding hydrogens is 250 g/mol. The molecule has 0 radical (unpaired) electrons. The van der Waals surface area contributed by atoms with E-state index in [4.69, 9.17) is 5.11 Å². The fraction of sp³-hybridized carbons (Fsp3) is 0.588. The first kappa shape index (κ1) is 13.8. The molecule has 3 heteroatoms. The zero-order chi connectivity index (χ0) is 13.9. The third kappa shape index (κ3) is 2.52. The van der Waals surface area contributed by atoms with Crippen molar-refractivity contribution in [3.8, 4) is 0 Å². The molecule has 1 aliphatic carbocycles. The summed E-state index contributed by atoms with van der Waals surface area (Å²) in [5.41, 5.74) is 3.57. The number of piperidine rings is 1. The summed E-state index contributed by atoms with van der Waals surface area (Å²) < 4.78 is 0. The number of nitrogens with one attached hydrogen (secondary N) is 1. The number of aliphatic hydroxyl groups is 1. The monoisotopic (exact) mass is 273 g/mol. The lowest BCUT2D eigenvalue weighted by molar-refractivity contribution is 0.0969. The van der Waals surface area contributed by atoms with E-state index < -0.39 is 0 Å². The second kappa shape index (κ2) is 6.06. The topological polar surface area (TPSA) is 49.3 Å². The van der Waals surface area contributed by atoms with Crippen molar-refractivity contribution in [1.29, 1.82) is 0 Å². The van der Waals surface area contributed by atoms with Crippen LogP contribution in [0.3, 0.4) is 0 Å². The van der Waals surface area contributed by atoms with Crippen LogP contribution < -0.4 is 5.32 Å². The largest absolute Gasteiger partial charge is 0.396 e. The number of ketones is 1. The number of aliphatic hydroxyl groups excluding tert-OH is 1. The van der Waals surface area contributed by atoms with Gasteiger partial charge in [0.25, 0.3) is 0 Å². The Balaban J connectivity index is 1.90. The van der Waals surface area contributed by atoms with Crippen LogP contribution in [-0.2, 0) is 6.42 Å². The van der Waals surface area contributed by atoms with Gasteiger partial charge in [0.15, 0.2) is 5.78 Å². The van der Waals surface area contributed by atoms with Gasteiger partial charge >= 0.3 is 0 Å². The van der Waals surface area contributed by atoms with E-state index in [9.17, 15) is 4.79 Å². The minimum atomic E-state index is 0.0926. The Kier molecular flexibility index (Phi) is 4.18. The minimum absolute atomic E-state index is 0.0926. The van der Waals surface area contributed by atoms with Crippen LogP contribution in [0.25, 0.3) is 0 Å². The van der Waals surface area contributed by atoms with Crippen molar-refractivity contribution in [3.05, 3.63) is 34.9 Å².